The first-order valence-electron chi connectivity index (χ1n) is 10.9. The molecule has 33 heavy (non-hydrogen) atoms. The van der Waals surface area contributed by atoms with E-state index in [1.54, 1.807) is 0 Å². The highest BCUT2D eigenvalue weighted by molar-refractivity contribution is 7.92. The molecule has 10 nitrogen and oxygen atoms in total. The number of nitrogens with one attached hydrogen (secondary N) is 1. The Morgan fingerprint density at radius 3 is 2.39 bits per heavy atom. The molecule has 1 heterocycles. The van der Waals surface area contributed by atoms with E-state index in [1.807, 2.05) is 0 Å². The number of anilines is 1. The van der Waals surface area contributed by atoms with Gasteiger partial charge in [0.05, 0.1) is 34.8 Å². The summed E-state index contributed by atoms with van der Waals surface area (Å²) in [5, 5.41) is 25.0. The molecule has 3 N–H and O–H groups in total. The van der Waals surface area contributed by atoms with Gasteiger partial charge in [0.2, 0.25) is 0 Å². The van der Waals surface area contributed by atoms with Gasteiger partial charge in [0.15, 0.2) is 21.4 Å². The fraction of sp³-hybridized carbons (Fsp3) is 0.455. The SMILES string of the molecule is O=C(Nc1cnc(C(O)CO)cn1)/C(=N/OC1CCCC1)c1ccc(S(=O)(=O)C2CC2)cc1. The summed E-state index contributed by atoms with van der Waals surface area (Å²) in [5.74, 6) is -0.481. The first kappa shape index (κ1) is 23.3. The van der Waals surface area contributed by atoms with Crippen LogP contribution < -0.4 is 5.32 Å². The molecule has 2 aliphatic rings. The molecule has 2 aromatic rings. The molecule has 0 aliphatic heterocycles. The van der Waals surface area contributed by atoms with Crippen molar-refractivity contribution in [3.8, 4) is 0 Å². The molecule has 1 atom stereocenters. The second kappa shape index (κ2) is 9.94. The van der Waals surface area contributed by atoms with Crippen LogP contribution in [0.15, 0.2) is 46.7 Å². The number of aliphatic hydroxyl groups is 2. The summed E-state index contributed by atoms with van der Waals surface area (Å²) in [5.41, 5.74) is 0.556. The highest BCUT2D eigenvalue weighted by Gasteiger charge is 2.36. The summed E-state index contributed by atoms with van der Waals surface area (Å²) in [6.07, 6.45) is 6.41. The minimum absolute atomic E-state index is 0.0152. The summed E-state index contributed by atoms with van der Waals surface area (Å²) in [6, 6.07) is 6.04. The molecule has 0 bridgehead atoms. The van der Waals surface area contributed by atoms with Crippen LogP contribution in [0.3, 0.4) is 0 Å². The third-order valence-electron chi connectivity index (χ3n) is 5.66. The van der Waals surface area contributed by atoms with E-state index in [1.165, 1.54) is 36.7 Å². The van der Waals surface area contributed by atoms with Gasteiger partial charge >= 0.3 is 0 Å². The van der Waals surface area contributed by atoms with Gasteiger partial charge in [0.1, 0.15) is 12.2 Å². The number of oxime groups is 1. The fourth-order valence-electron chi connectivity index (χ4n) is 3.56. The van der Waals surface area contributed by atoms with Crippen molar-refractivity contribution < 1.29 is 28.3 Å². The standard InChI is InChI=1S/C22H26N4O6S/c27-13-19(28)18-11-24-20(12-23-18)25-22(29)21(26-32-15-3-1-2-4-15)14-5-7-16(8-6-14)33(30,31)17-9-10-17/h5-8,11-12,15,17,19,27-28H,1-4,9-10,13H2,(H,24,25,29)/b26-21+. The zero-order valence-corrected chi connectivity index (χ0v) is 18.7. The number of sulfone groups is 1. The number of rotatable bonds is 9. The van der Waals surface area contributed by atoms with Crippen LogP contribution in [0.2, 0.25) is 0 Å². The molecule has 0 radical (unpaired) electrons. The van der Waals surface area contributed by atoms with Gasteiger partial charge in [-0.2, -0.15) is 0 Å². The van der Waals surface area contributed by atoms with Gasteiger partial charge in [-0.25, -0.2) is 13.4 Å². The number of carbonyl (C=O) groups is 1. The molecular weight excluding hydrogens is 448 g/mol. The predicted molar refractivity (Wildman–Crippen MR) is 119 cm³/mol. The number of benzene rings is 1. The van der Waals surface area contributed by atoms with Crippen molar-refractivity contribution in [3.63, 3.8) is 0 Å². The van der Waals surface area contributed by atoms with Crippen molar-refractivity contribution in [3.05, 3.63) is 47.9 Å². The predicted octanol–water partition coefficient (Wildman–Crippen LogP) is 1.74. The minimum Gasteiger partial charge on any atom is -0.393 e. The van der Waals surface area contributed by atoms with Crippen molar-refractivity contribution in [1.29, 1.82) is 0 Å². The van der Waals surface area contributed by atoms with E-state index in [4.69, 9.17) is 9.94 Å². The largest absolute Gasteiger partial charge is 0.393 e. The molecule has 2 fully saturated rings. The van der Waals surface area contributed by atoms with Gasteiger partial charge in [0, 0.05) is 5.56 Å². The molecule has 1 amide bonds. The van der Waals surface area contributed by atoms with E-state index < -0.39 is 28.5 Å². The van der Waals surface area contributed by atoms with E-state index in [9.17, 15) is 18.3 Å². The van der Waals surface area contributed by atoms with E-state index in [0.717, 1.165) is 25.7 Å². The highest BCUT2D eigenvalue weighted by Crippen LogP contribution is 2.33. The Morgan fingerprint density at radius 2 is 1.82 bits per heavy atom. The van der Waals surface area contributed by atoms with Gasteiger partial charge in [-0.3, -0.25) is 9.78 Å². The molecule has 176 valence electrons. The van der Waals surface area contributed by atoms with Gasteiger partial charge in [0.25, 0.3) is 5.91 Å². The third kappa shape index (κ3) is 5.55. The number of aromatic nitrogens is 2. The fourth-order valence-corrected chi connectivity index (χ4v) is 5.22. The maximum Gasteiger partial charge on any atom is 0.279 e. The average molecular weight is 475 g/mol. The summed E-state index contributed by atoms with van der Waals surface area (Å²) in [6.45, 7) is -0.498. The number of nitrogens with zero attached hydrogens (tertiary/aromatic N) is 3. The molecule has 1 aromatic carbocycles. The Morgan fingerprint density at radius 1 is 1.12 bits per heavy atom. The first-order valence-corrected chi connectivity index (χ1v) is 12.4. The second-order valence-corrected chi connectivity index (χ2v) is 10.4. The van der Waals surface area contributed by atoms with Gasteiger partial charge in [-0.05, 0) is 50.7 Å². The number of hydrogen-bond acceptors (Lipinski definition) is 9. The van der Waals surface area contributed by atoms with Crippen LogP contribution in [0.4, 0.5) is 5.82 Å². The Bertz CT molecular complexity index is 1110. The van der Waals surface area contributed by atoms with Crippen molar-refractivity contribution in [2.45, 2.75) is 60.9 Å². The zero-order chi connectivity index (χ0) is 23.4. The number of amides is 1. The van der Waals surface area contributed by atoms with Crippen LogP contribution >= 0.6 is 0 Å². The molecule has 0 saturated heterocycles. The molecule has 2 aliphatic carbocycles. The number of hydrogen-bond donors (Lipinski definition) is 3. The summed E-state index contributed by atoms with van der Waals surface area (Å²) in [4.78, 5) is 26.8. The van der Waals surface area contributed by atoms with Crippen LogP contribution in [0, 0.1) is 0 Å². The van der Waals surface area contributed by atoms with Crippen LogP contribution in [0.1, 0.15) is 55.9 Å². The van der Waals surface area contributed by atoms with E-state index >= 15 is 0 Å². The summed E-state index contributed by atoms with van der Waals surface area (Å²) >= 11 is 0. The molecule has 1 aromatic heterocycles. The van der Waals surface area contributed by atoms with E-state index in [-0.39, 0.29) is 33.5 Å². The summed E-state index contributed by atoms with van der Waals surface area (Å²) < 4.78 is 24.9. The lowest BCUT2D eigenvalue weighted by atomic mass is 10.1. The number of carbonyl (C=O) groups excluding carboxylic acids is 1. The van der Waals surface area contributed by atoms with E-state index in [0.29, 0.717) is 18.4 Å². The lowest BCUT2D eigenvalue weighted by Gasteiger charge is -2.12. The van der Waals surface area contributed by atoms with Crippen LogP contribution in [0.25, 0.3) is 0 Å². The quantitative estimate of drug-likeness (QED) is 0.367. The van der Waals surface area contributed by atoms with Crippen molar-refractivity contribution in [2.24, 2.45) is 5.16 Å². The van der Waals surface area contributed by atoms with Crippen LogP contribution in [-0.4, -0.2) is 58.2 Å². The molecule has 4 rings (SSSR count). The molecular formula is C22H26N4O6S. The lowest BCUT2D eigenvalue weighted by Crippen LogP contribution is -2.25. The molecule has 1 unspecified atom stereocenters. The normalized spacial score (nSPS) is 18.2. The lowest BCUT2D eigenvalue weighted by molar-refractivity contribution is -0.110. The van der Waals surface area contributed by atoms with E-state index in [2.05, 4.69) is 20.4 Å². The molecule has 0 spiro atoms. The Hall–Kier alpha value is -2.89. The topological polar surface area (TPSA) is 151 Å². The monoisotopic (exact) mass is 474 g/mol. The minimum atomic E-state index is -3.34. The third-order valence-corrected chi connectivity index (χ3v) is 7.94. The smallest absolute Gasteiger partial charge is 0.279 e. The van der Waals surface area contributed by atoms with Gasteiger partial charge in [-0.15, -0.1) is 0 Å². The average Bonchev–Trinajstić information content (AvgIpc) is 3.57. The highest BCUT2D eigenvalue weighted by atomic mass is 32.2. The van der Waals surface area contributed by atoms with Crippen LogP contribution in [0.5, 0.6) is 0 Å². The summed E-state index contributed by atoms with van der Waals surface area (Å²) in [7, 11) is -3.34. The Labute approximate surface area is 191 Å². The first-order chi connectivity index (χ1) is 15.9. The Balaban J connectivity index is 1.55. The second-order valence-electron chi connectivity index (χ2n) is 8.20. The zero-order valence-electron chi connectivity index (χ0n) is 17.9. The van der Waals surface area contributed by atoms with Crippen molar-refractivity contribution >= 4 is 27.3 Å². The number of aliphatic hydroxyl groups excluding tert-OH is 2. The van der Waals surface area contributed by atoms with Crippen LogP contribution in [-0.2, 0) is 19.5 Å². The van der Waals surface area contributed by atoms with Crippen molar-refractivity contribution in [2.75, 3.05) is 11.9 Å². The van der Waals surface area contributed by atoms with Gasteiger partial charge < -0.3 is 20.4 Å². The molecule has 11 heteroatoms. The maximum absolute atomic E-state index is 13.0. The maximum atomic E-state index is 13.0. The van der Waals surface area contributed by atoms with Crippen molar-refractivity contribution in [1.82, 2.24) is 9.97 Å². The molecule has 2 saturated carbocycles. The Kier molecular flexibility index (Phi) is 7.01. The van der Waals surface area contributed by atoms with Gasteiger partial charge in [-0.1, -0.05) is 17.3 Å².